The van der Waals surface area contributed by atoms with Crippen LogP contribution in [0.4, 0.5) is 5.95 Å². The van der Waals surface area contributed by atoms with Crippen molar-refractivity contribution in [1.82, 2.24) is 9.97 Å². The number of nitrogens with zero attached hydrogens (tertiary/aromatic N) is 2. The lowest BCUT2D eigenvalue weighted by Crippen LogP contribution is -2.32. The molecule has 0 unspecified atom stereocenters. The molecule has 0 spiro atoms. The molecular formula is C26H26N4O2. The maximum absolute atomic E-state index is 11.0. The Morgan fingerprint density at radius 2 is 1.66 bits per heavy atom. The molecule has 0 aliphatic rings. The number of carboxylic acids is 1. The van der Waals surface area contributed by atoms with Gasteiger partial charge in [-0.3, -0.25) is 4.79 Å². The Hall–Kier alpha value is -3.77. The van der Waals surface area contributed by atoms with Crippen LogP contribution in [0.15, 0.2) is 72.8 Å². The van der Waals surface area contributed by atoms with Gasteiger partial charge in [0, 0.05) is 11.3 Å². The van der Waals surface area contributed by atoms with Gasteiger partial charge < -0.3 is 16.6 Å². The zero-order valence-electron chi connectivity index (χ0n) is 17.9. The standard InChI is InChI=1S/C26H26N4O2/c1-16(20-11-10-18-4-2-3-5-21(18)14-20)12-22-15-24(30-26(28)29-22)19-8-6-17(7-9-19)13-23(27)25(31)32/h2-11,14-16,23H,12-13,27H2,1H3,(H,31,32)(H2,28,29,30)/t16-,23-/m0/s1. The number of fused-ring (bicyclic) bond motifs is 1. The van der Waals surface area contributed by atoms with Crippen LogP contribution in [0, 0.1) is 0 Å². The number of rotatable bonds is 7. The first-order valence-electron chi connectivity index (χ1n) is 10.6. The van der Waals surface area contributed by atoms with Gasteiger partial charge in [-0.15, -0.1) is 0 Å². The Balaban J connectivity index is 1.53. The Kier molecular flexibility index (Phi) is 6.14. The summed E-state index contributed by atoms with van der Waals surface area (Å²) in [4.78, 5) is 19.8. The molecule has 4 aromatic rings. The summed E-state index contributed by atoms with van der Waals surface area (Å²) in [5.74, 6) is -0.510. The van der Waals surface area contributed by atoms with E-state index in [4.69, 9.17) is 16.6 Å². The van der Waals surface area contributed by atoms with Gasteiger partial charge in [0.05, 0.1) is 5.69 Å². The summed E-state index contributed by atoms with van der Waals surface area (Å²) in [6.07, 6.45) is 1.01. The Morgan fingerprint density at radius 3 is 2.38 bits per heavy atom. The van der Waals surface area contributed by atoms with E-state index in [0.717, 1.165) is 28.9 Å². The summed E-state index contributed by atoms with van der Waals surface area (Å²) in [6.45, 7) is 2.18. The highest BCUT2D eigenvalue weighted by Gasteiger charge is 2.14. The van der Waals surface area contributed by atoms with Crippen molar-refractivity contribution >= 4 is 22.7 Å². The molecular weight excluding hydrogens is 400 g/mol. The average molecular weight is 427 g/mol. The normalized spacial score (nSPS) is 13.1. The van der Waals surface area contributed by atoms with Gasteiger partial charge in [0.15, 0.2) is 0 Å². The van der Waals surface area contributed by atoms with Gasteiger partial charge in [0.25, 0.3) is 0 Å². The fourth-order valence-electron chi connectivity index (χ4n) is 3.87. The maximum Gasteiger partial charge on any atom is 0.320 e. The fraction of sp³-hybridized carbons (Fsp3) is 0.192. The third kappa shape index (κ3) is 4.92. The third-order valence-corrected chi connectivity index (χ3v) is 5.68. The van der Waals surface area contributed by atoms with E-state index in [1.54, 1.807) is 0 Å². The van der Waals surface area contributed by atoms with Gasteiger partial charge in [-0.1, -0.05) is 73.7 Å². The Morgan fingerprint density at radius 1 is 0.938 bits per heavy atom. The number of aliphatic carboxylic acids is 1. The minimum absolute atomic E-state index is 0.236. The number of carboxylic acid groups (broad SMARTS) is 1. The van der Waals surface area contributed by atoms with Crippen LogP contribution in [0.25, 0.3) is 22.0 Å². The third-order valence-electron chi connectivity index (χ3n) is 5.68. The molecule has 6 nitrogen and oxygen atoms in total. The van der Waals surface area contributed by atoms with Crippen LogP contribution in [-0.4, -0.2) is 27.1 Å². The number of aromatic nitrogens is 2. The van der Waals surface area contributed by atoms with Crippen LogP contribution in [0.2, 0.25) is 0 Å². The molecule has 0 bridgehead atoms. The van der Waals surface area contributed by atoms with Crippen molar-refractivity contribution in [2.45, 2.75) is 31.7 Å². The molecule has 1 heterocycles. The van der Waals surface area contributed by atoms with Gasteiger partial charge in [-0.2, -0.15) is 0 Å². The average Bonchev–Trinajstić information content (AvgIpc) is 2.78. The SMILES string of the molecule is C[C@@H](Cc1cc(-c2ccc(C[C@H](N)C(=O)O)cc2)nc(N)n1)c1ccc2ccccc2c1. The van der Waals surface area contributed by atoms with Crippen molar-refractivity contribution in [1.29, 1.82) is 0 Å². The lowest BCUT2D eigenvalue weighted by Gasteiger charge is -2.14. The van der Waals surface area contributed by atoms with Crippen molar-refractivity contribution in [2.24, 2.45) is 5.73 Å². The molecule has 32 heavy (non-hydrogen) atoms. The molecule has 0 saturated heterocycles. The van der Waals surface area contributed by atoms with E-state index >= 15 is 0 Å². The molecule has 0 fully saturated rings. The van der Waals surface area contributed by atoms with Crippen LogP contribution in [0.1, 0.15) is 29.7 Å². The number of hydrogen-bond acceptors (Lipinski definition) is 5. The van der Waals surface area contributed by atoms with Crippen LogP contribution in [0.3, 0.4) is 0 Å². The van der Waals surface area contributed by atoms with E-state index in [-0.39, 0.29) is 18.3 Å². The summed E-state index contributed by atoms with van der Waals surface area (Å²) >= 11 is 0. The van der Waals surface area contributed by atoms with E-state index < -0.39 is 12.0 Å². The zero-order valence-corrected chi connectivity index (χ0v) is 17.9. The number of hydrogen-bond donors (Lipinski definition) is 3. The van der Waals surface area contributed by atoms with Crippen molar-refractivity contribution in [2.75, 3.05) is 5.73 Å². The lowest BCUT2D eigenvalue weighted by atomic mass is 9.93. The van der Waals surface area contributed by atoms with Crippen molar-refractivity contribution < 1.29 is 9.90 Å². The topological polar surface area (TPSA) is 115 Å². The highest BCUT2D eigenvalue weighted by atomic mass is 16.4. The van der Waals surface area contributed by atoms with Gasteiger partial charge in [0.1, 0.15) is 6.04 Å². The molecule has 0 amide bonds. The fourth-order valence-corrected chi connectivity index (χ4v) is 3.87. The largest absolute Gasteiger partial charge is 0.480 e. The molecule has 2 atom stereocenters. The smallest absolute Gasteiger partial charge is 0.320 e. The summed E-state index contributed by atoms with van der Waals surface area (Å²) in [6, 6.07) is 23.5. The quantitative estimate of drug-likeness (QED) is 0.408. The first kappa shape index (κ1) is 21.5. The summed E-state index contributed by atoms with van der Waals surface area (Å²) in [5, 5.41) is 11.4. The van der Waals surface area contributed by atoms with E-state index in [9.17, 15) is 4.79 Å². The molecule has 6 heteroatoms. The monoisotopic (exact) mass is 426 g/mol. The predicted octanol–water partition coefficient (Wildman–Crippen LogP) is 4.18. The van der Waals surface area contributed by atoms with Crippen molar-refractivity contribution in [3.05, 3.63) is 89.6 Å². The number of benzene rings is 3. The minimum Gasteiger partial charge on any atom is -0.480 e. The summed E-state index contributed by atoms with van der Waals surface area (Å²) in [7, 11) is 0. The molecule has 5 N–H and O–H groups in total. The second-order valence-corrected chi connectivity index (χ2v) is 8.16. The van der Waals surface area contributed by atoms with E-state index in [1.807, 2.05) is 36.4 Å². The van der Waals surface area contributed by atoms with Gasteiger partial charge in [0.2, 0.25) is 5.95 Å². The first-order valence-corrected chi connectivity index (χ1v) is 10.6. The Labute approximate surface area is 186 Å². The highest BCUT2D eigenvalue weighted by Crippen LogP contribution is 2.26. The maximum atomic E-state index is 11.0. The van der Waals surface area contributed by atoms with E-state index in [1.165, 1.54) is 16.3 Å². The summed E-state index contributed by atoms with van der Waals surface area (Å²) < 4.78 is 0. The molecule has 0 aliphatic carbocycles. The number of carbonyl (C=O) groups is 1. The Bertz CT molecular complexity index is 1250. The molecule has 1 aromatic heterocycles. The lowest BCUT2D eigenvalue weighted by molar-refractivity contribution is -0.138. The predicted molar refractivity (Wildman–Crippen MR) is 127 cm³/mol. The van der Waals surface area contributed by atoms with Gasteiger partial charge in [-0.25, -0.2) is 9.97 Å². The second kappa shape index (κ2) is 9.16. The summed E-state index contributed by atoms with van der Waals surface area (Å²) in [5.41, 5.74) is 16.3. The number of anilines is 1. The first-order chi connectivity index (χ1) is 15.4. The molecule has 0 radical (unpaired) electrons. The van der Waals surface area contributed by atoms with Crippen molar-refractivity contribution in [3.63, 3.8) is 0 Å². The van der Waals surface area contributed by atoms with Crippen LogP contribution >= 0.6 is 0 Å². The molecule has 0 saturated carbocycles. The second-order valence-electron chi connectivity index (χ2n) is 8.16. The van der Waals surface area contributed by atoms with E-state index in [2.05, 4.69) is 53.3 Å². The van der Waals surface area contributed by atoms with Crippen molar-refractivity contribution in [3.8, 4) is 11.3 Å². The van der Waals surface area contributed by atoms with Crippen LogP contribution in [-0.2, 0) is 17.6 Å². The molecule has 0 aliphatic heterocycles. The van der Waals surface area contributed by atoms with Crippen LogP contribution in [0.5, 0.6) is 0 Å². The number of nitrogens with two attached hydrogens (primary N) is 2. The van der Waals surface area contributed by atoms with Crippen LogP contribution < -0.4 is 11.5 Å². The highest BCUT2D eigenvalue weighted by molar-refractivity contribution is 5.83. The molecule has 4 rings (SSSR count). The van der Waals surface area contributed by atoms with E-state index in [0.29, 0.717) is 0 Å². The minimum atomic E-state index is -1.01. The van der Waals surface area contributed by atoms with Gasteiger partial charge in [-0.05, 0) is 46.7 Å². The number of nitrogen functional groups attached to an aromatic ring is 1. The van der Waals surface area contributed by atoms with Gasteiger partial charge >= 0.3 is 5.97 Å². The molecule has 162 valence electrons. The zero-order chi connectivity index (χ0) is 22.7. The molecule has 3 aromatic carbocycles.